The highest BCUT2D eigenvalue weighted by atomic mass is 16.5. The van der Waals surface area contributed by atoms with Gasteiger partial charge in [-0.05, 0) is 44.7 Å². The summed E-state index contributed by atoms with van der Waals surface area (Å²) in [5, 5.41) is 8.30. The molecular weight excluding hydrogens is 328 g/mol. The Balaban J connectivity index is 1.49. The fourth-order valence-electron chi connectivity index (χ4n) is 4.15. The van der Waals surface area contributed by atoms with Gasteiger partial charge in [0.2, 0.25) is 0 Å². The number of nitrogens with one attached hydrogen (secondary N) is 1. The number of H-pyrrole nitrogens is 1. The fraction of sp³-hybridized carbons (Fsp3) is 0.600. The highest BCUT2D eigenvalue weighted by molar-refractivity contribution is 6.04. The molecule has 1 atom stereocenters. The van der Waals surface area contributed by atoms with Gasteiger partial charge in [0.15, 0.2) is 5.69 Å². The minimum absolute atomic E-state index is 0.0773. The monoisotopic (exact) mass is 356 g/mol. The van der Waals surface area contributed by atoms with E-state index in [2.05, 4.69) is 26.1 Å². The number of aromatic amines is 1. The second kappa shape index (κ2) is 7.76. The topological polar surface area (TPSA) is 61.5 Å². The quantitative estimate of drug-likeness (QED) is 0.915. The van der Waals surface area contributed by atoms with Crippen LogP contribution in [-0.4, -0.2) is 71.3 Å². The molecule has 2 fully saturated rings. The van der Waals surface area contributed by atoms with Crippen molar-refractivity contribution >= 4 is 16.8 Å². The number of carbonyl (C=O) groups is 1. The van der Waals surface area contributed by atoms with Gasteiger partial charge in [0.1, 0.15) is 0 Å². The first-order valence-corrected chi connectivity index (χ1v) is 9.78. The maximum Gasteiger partial charge on any atom is 0.275 e. The molecule has 1 aromatic carbocycles. The van der Waals surface area contributed by atoms with Gasteiger partial charge >= 0.3 is 0 Å². The second-order valence-corrected chi connectivity index (χ2v) is 7.51. The summed E-state index contributed by atoms with van der Waals surface area (Å²) in [6.45, 7) is 7.59. The van der Waals surface area contributed by atoms with E-state index in [-0.39, 0.29) is 5.91 Å². The lowest BCUT2D eigenvalue weighted by atomic mass is 9.98. The molecule has 2 aromatic rings. The molecule has 140 valence electrons. The van der Waals surface area contributed by atoms with Crippen molar-refractivity contribution in [1.29, 1.82) is 0 Å². The van der Waals surface area contributed by atoms with Gasteiger partial charge < -0.3 is 9.64 Å². The molecular formula is C20H28N4O2. The Morgan fingerprint density at radius 3 is 2.96 bits per heavy atom. The Morgan fingerprint density at radius 1 is 1.27 bits per heavy atom. The molecule has 6 nitrogen and oxygen atoms in total. The van der Waals surface area contributed by atoms with Gasteiger partial charge in [-0.1, -0.05) is 11.6 Å². The third-order valence-electron chi connectivity index (χ3n) is 5.69. The Morgan fingerprint density at radius 2 is 2.12 bits per heavy atom. The SMILES string of the molecule is Cc1ccc2[nH]nc(C(=O)N3CCCCC3CCN3CCOCC3)c2c1. The second-order valence-electron chi connectivity index (χ2n) is 7.51. The molecule has 1 N–H and O–H groups in total. The number of hydrogen-bond acceptors (Lipinski definition) is 4. The number of piperidine rings is 1. The van der Waals surface area contributed by atoms with Gasteiger partial charge in [0, 0.05) is 37.6 Å². The Labute approximate surface area is 154 Å². The lowest BCUT2D eigenvalue weighted by Gasteiger charge is -2.37. The molecule has 26 heavy (non-hydrogen) atoms. The predicted octanol–water partition coefficient (Wildman–Crippen LogP) is 2.59. The number of aromatic nitrogens is 2. The van der Waals surface area contributed by atoms with Crippen molar-refractivity contribution < 1.29 is 9.53 Å². The molecule has 1 amide bonds. The number of likely N-dealkylation sites (tertiary alicyclic amines) is 1. The van der Waals surface area contributed by atoms with Crippen molar-refractivity contribution in [1.82, 2.24) is 20.0 Å². The number of morpholine rings is 1. The van der Waals surface area contributed by atoms with Crippen molar-refractivity contribution in [2.45, 2.75) is 38.6 Å². The number of nitrogens with zero attached hydrogens (tertiary/aromatic N) is 3. The zero-order chi connectivity index (χ0) is 17.9. The van der Waals surface area contributed by atoms with Crippen molar-refractivity contribution in [3.63, 3.8) is 0 Å². The summed E-state index contributed by atoms with van der Waals surface area (Å²) in [6, 6.07) is 6.41. The number of carbonyl (C=O) groups excluding carboxylic acids is 1. The van der Waals surface area contributed by atoms with E-state index in [1.165, 1.54) is 6.42 Å². The summed E-state index contributed by atoms with van der Waals surface area (Å²) in [7, 11) is 0. The predicted molar refractivity (Wildman–Crippen MR) is 101 cm³/mol. The zero-order valence-electron chi connectivity index (χ0n) is 15.5. The van der Waals surface area contributed by atoms with Crippen LogP contribution in [0.25, 0.3) is 10.9 Å². The van der Waals surface area contributed by atoms with Crippen LogP contribution in [0.1, 0.15) is 41.7 Å². The van der Waals surface area contributed by atoms with Gasteiger partial charge in [-0.25, -0.2) is 0 Å². The average Bonchev–Trinajstić information content (AvgIpc) is 3.10. The Bertz CT molecular complexity index is 766. The lowest BCUT2D eigenvalue weighted by Crippen LogP contribution is -2.46. The molecule has 4 rings (SSSR count). The first-order valence-electron chi connectivity index (χ1n) is 9.78. The molecule has 2 aliphatic heterocycles. The van der Waals surface area contributed by atoms with Crippen LogP contribution in [-0.2, 0) is 4.74 Å². The van der Waals surface area contributed by atoms with Crippen molar-refractivity contribution in [3.8, 4) is 0 Å². The Hall–Kier alpha value is -1.92. The highest BCUT2D eigenvalue weighted by Crippen LogP contribution is 2.25. The highest BCUT2D eigenvalue weighted by Gasteiger charge is 2.30. The van der Waals surface area contributed by atoms with Gasteiger partial charge in [-0.15, -0.1) is 0 Å². The largest absolute Gasteiger partial charge is 0.379 e. The minimum atomic E-state index is 0.0773. The molecule has 3 heterocycles. The van der Waals surface area contributed by atoms with E-state index in [9.17, 15) is 4.79 Å². The van der Waals surface area contributed by atoms with Crippen LogP contribution in [0.2, 0.25) is 0 Å². The van der Waals surface area contributed by atoms with Gasteiger partial charge in [-0.3, -0.25) is 14.8 Å². The Kier molecular flexibility index (Phi) is 5.22. The summed E-state index contributed by atoms with van der Waals surface area (Å²) < 4.78 is 5.43. The average molecular weight is 356 g/mol. The first kappa shape index (κ1) is 17.5. The third kappa shape index (κ3) is 3.62. The minimum Gasteiger partial charge on any atom is -0.379 e. The maximum absolute atomic E-state index is 13.3. The van der Waals surface area contributed by atoms with Gasteiger partial charge in [-0.2, -0.15) is 5.10 Å². The molecule has 6 heteroatoms. The van der Waals surface area contributed by atoms with Gasteiger partial charge in [0.25, 0.3) is 5.91 Å². The summed E-state index contributed by atoms with van der Waals surface area (Å²) >= 11 is 0. The van der Waals surface area contributed by atoms with E-state index >= 15 is 0 Å². The zero-order valence-corrected chi connectivity index (χ0v) is 15.5. The van der Waals surface area contributed by atoms with E-state index in [0.717, 1.165) is 75.1 Å². The van der Waals surface area contributed by atoms with Crippen LogP contribution in [0.4, 0.5) is 0 Å². The number of amides is 1. The van der Waals surface area contributed by atoms with Crippen molar-refractivity contribution in [3.05, 3.63) is 29.5 Å². The number of benzene rings is 1. The summed E-state index contributed by atoms with van der Waals surface area (Å²) in [5.74, 6) is 0.0773. The normalized spacial score (nSPS) is 22.0. The summed E-state index contributed by atoms with van der Waals surface area (Å²) in [4.78, 5) is 17.8. The van der Waals surface area contributed by atoms with E-state index in [4.69, 9.17) is 4.74 Å². The van der Waals surface area contributed by atoms with Crippen LogP contribution in [0.5, 0.6) is 0 Å². The number of ether oxygens (including phenoxy) is 1. The van der Waals surface area contributed by atoms with E-state index in [0.29, 0.717) is 11.7 Å². The lowest BCUT2D eigenvalue weighted by molar-refractivity contribution is 0.0295. The molecule has 0 saturated carbocycles. The molecule has 2 aliphatic rings. The standard InChI is InChI=1S/C20H28N4O2/c1-15-5-6-18-17(14-15)19(22-21-18)20(25)24-8-3-2-4-16(24)7-9-23-10-12-26-13-11-23/h5-6,14,16H,2-4,7-13H2,1H3,(H,21,22). The number of aryl methyl sites for hydroxylation is 1. The van der Waals surface area contributed by atoms with Gasteiger partial charge in [0.05, 0.1) is 18.7 Å². The van der Waals surface area contributed by atoms with E-state index in [1.54, 1.807) is 0 Å². The number of rotatable bonds is 4. The fourth-order valence-corrected chi connectivity index (χ4v) is 4.15. The van der Waals surface area contributed by atoms with Crippen molar-refractivity contribution in [2.75, 3.05) is 39.4 Å². The summed E-state index contributed by atoms with van der Waals surface area (Å²) in [6.07, 6.45) is 4.42. The van der Waals surface area contributed by atoms with Crippen molar-refractivity contribution in [2.24, 2.45) is 0 Å². The van der Waals surface area contributed by atoms with Crippen LogP contribution in [0.3, 0.4) is 0 Å². The van der Waals surface area contributed by atoms with Crippen LogP contribution in [0.15, 0.2) is 18.2 Å². The van der Waals surface area contributed by atoms with E-state index in [1.807, 2.05) is 19.1 Å². The van der Waals surface area contributed by atoms with Crippen LogP contribution < -0.4 is 0 Å². The molecule has 0 bridgehead atoms. The van der Waals surface area contributed by atoms with Crippen LogP contribution >= 0.6 is 0 Å². The molecule has 0 radical (unpaired) electrons. The van der Waals surface area contributed by atoms with E-state index < -0.39 is 0 Å². The maximum atomic E-state index is 13.3. The number of hydrogen-bond donors (Lipinski definition) is 1. The molecule has 1 aromatic heterocycles. The third-order valence-corrected chi connectivity index (χ3v) is 5.69. The van der Waals surface area contributed by atoms with Crippen LogP contribution in [0, 0.1) is 6.92 Å². The molecule has 0 aliphatic carbocycles. The number of fused-ring (bicyclic) bond motifs is 1. The molecule has 2 saturated heterocycles. The molecule has 1 unspecified atom stereocenters. The smallest absolute Gasteiger partial charge is 0.275 e. The molecule has 0 spiro atoms. The first-order chi connectivity index (χ1) is 12.7. The summed E-state index contributed by atoms with van der Waals surface area (Å²) in [5.41, 5.74) is 2.65.